The van der Waals surface area contributed by atoms with E-state index in [9.17, 15) is 9.59 Å². The fraction of sp³-hybridized carbons (Fsp3) is 0.396. The minimum absolute atomic E-state index is 0.0115. The van der Waals surface area contributed by atoms with Crippen LogP contribution in [-0.4, -0.2) is 108 Å². The molecule has 0 bridgehead atoms. The summed E-state index contributed by atoms with van der Waals surface area (Å²) in [5.74, 6) is 2.06. The number of anilines is 4. The second-order valence-electron chi connectivity index (χ2n) is 17.9. The average molecular weight is 930 g/mol. The number of benzene rings is 4. The molecule has 0 atom stereocenters. The fourth-order valence-electron chi connectivity index (χ4n) is 9.41. The number of piperidine rings is 1. The van der Waals surface area contributed by atoms with Crippen molar-refractivity contribution in [2.45, 2.75) is 71.3 Å². The maximum absolute atomic E-state index is 12.5. The van der Waals surface area contributed by atoms with Crippen LogP contribution in [0.3, 0.4) is 0 Å². The number of nitrogens with zero attached hydrogens (tertiary/aromatic N) is 6. The standard InChI is InChI=1S/C28H33ClN4O.C25H29ClN4O2/c1-20-18-27(33-16-12-24(13-17-33)32-14-2-3-15-32)31-26-10-9-23(19-25(20)26)30-28(34)11-6-21-4-7-22(29)8-5-21;1-18-16-24(30-12-10-29(11-13-30)14-15-31)28-23-8-7-21(17-22(18)23)27-25(32)9-4-19-2-5-20(26)6-3-19/h4-5,7-10,18-19,24H,2-3,6,11-17H2,1H3,(H,30,34);2-3,5-8,16-17,31H,4,9-15H2,1H3,(H,27,32). The van der Waals surface area contributed by atoms with Gasteiger partial charge < -0.3 is 30.4 Å². The Labute approximate surface area is 399 Å². The summed E-state index contributed by atoms with van der Waals surface area (Å²) in [5.41, 5.74) is 8.04. The van der Waals surface area contributed by atoms with E-state index in [2.05, 4.69) is 56.2 Å². The molecule has 9 rings (SSSR count). The van der Waals surface area contributed by atoms with Crippen molar-refractivity contribution in [1.29, 1.82) is 0 Å². The molecule has 13 heteroatoms. The number of likely N-dealkylation sites (tertiary alicyclic amines) is 1. The van der Waals surface area contributed by atoms with Crippen LogP contribution in [0.1, 0.15) is 60.8 Å². The molecular weight excluding hydrogens is 868 g/mol. The summed E-state index contributed by atoms with van der Waals surface area (Å²) < 4.78 is 0. The van der Waals surface area contributed by atoms with E-state index >= 15 is 0 Å². The van der Waals surface area contributed by atoms with Gasteiger partial charge in [-0.2, -0.15) is 0 Å². The number of pyridine rings is 2. The molecule has 6 aromatic rings. The number of carbonyl (C=O) groups is 2. The van der Waals surface area contributed by atoms with E-state index < -0.39 is 0 Å². The maximum Gasteiger partial charge on any atom is 0.224 e. The van der Waals surface area contributed by atoms with Gasteiger partial charge in [-0.05, 0) is 161 Å². The number of nitrogens with one attached hydrogen (secondary N) is 2. The lowest BCUT2D eigenvalue weighted by molar-refractivity contribution is -0.117. The molecule has 3 aliphatic heterocycles. The number of aliphatic hydroxyl groups is 1. The number of halogens is 2. The highest BCUT2D eigenvalue weighted by Crippen LogP contribution is 2.30. The maximum atomic E-state index is 12.5. The van der Waals surface area contributed by atoms with Crippen molar-refractivity contribution in [3.8, 4) is 0 Å². The van der Waals surface area contributed by atoms with Crippen LogP contribution in [0.4, 0.5) is 23.0 Å². The lowest BCUT2D eigenvalue weighted by atomic mass is 10.0. The highest BCUT2D eigenvalue weighted by Gasteiger charge is 2.27. The zero-order valence-electron chi connectivity index (χ0n) is 38.2. The van der Waals surface area contributed by atoms with Crippen LogP contribution in [0.2, 0.25) is 10.0 Å². The molecule has 0 aliphatic carbocycles. The lowest BCUT2D eigenvalue weighted by Gasteiger charge is -2.37. The first-order valence-corrected chi connectivity index (χ1v) is 24.3. The number of aryl methyl sites for hydroxylation is 4. The zero-order valence-corrected chi connectivity index (χ0v) is 39.8. The van der Waals surface area contributed by atoms with Crippen molar-refractivity contribution in [3.63, 3.8) is 0 Å². The van der Waals surface area contributed by atoms with Gasteiger partial charge in [0.2, 0.25) is 11.8 Å². The Bertz CT molecular complexity index is 2590. The van der Waals surface area contributed by atoms with E-state index in [1.165, 1.54) is 44.3 Å². The first kappa shape index (κ1) is 47.2. The van der Waals surface area contributed by atoms with Gasteiger partial charge >= 0.3 is 0 Å². The van der Waals surface area contributed by atoms with Crippen molar-refractivity contribution in [1.82, 2.24) is 19.8 Å². The highest BCUT2D eigenvalue weighted by atomic mass is 35.5. The first-order valence-electron chi connectivity index (χ1n) is 23.6. The Hall–Kier alpha value is -5.30. The number of amides is 2. The molecule has 2 amide bonds. The summed E-state index contributed by atoms with van der Waals surface area (Å²) in [7, 11) is 0. The van der Waals surface area contributed by atoms with Gasteiger partial charge in [0.05, 0.1) is 17.6 Å². The molecule has 0 radical (unpaired) electrons. The topological polar surface area (TPSA) is 117 Å². The Morgan fingerprint density at radius 3 is 1.52 bits per heavy atom. The molecule has 11 nitrogen and oxygen atoms in total. The number of fused-ring (bicyclic) bond motifs is 2. The molecular formula is C53H62Cl2N8O3. The van der Waals surface area contributed by atoms with Crippen LogP contribution >= 0.6 is 23.2 Å². The van der Waals surface area contributed by atoms with Gasteiger partial charge in [0.1, 0.15) is 11.6 Å². The third-order valence-corrected chi connectivity index (χ3v) is 13.7. The van der Waals surface area contributed by atoms with Crippen molar-refractivity contribution in [2.24, 2.45) is 0 Å². The van der Waals surface area contributed by atoms with Crippen LogP contribution in [-0.2, 0) is 22.4 Å². The van der Waals surface area contributed by atoms with Crippen LogP contribution in [0.25, 0.3) is 21.8 Å². The molecule has 0 saturated carbocycles. The number of hydrogen-bond donors (Lipinski definition) is 3. The van der Waals surface area contributed by atoms with E-state index in [-0.39, 0.29) is 18.4 Å². The molecule has 3 saturated heterocycles. The minimum atomic E-state index is -0.0118. The predicted molar refractivity (Wildman–Crippen MR) is 272 cm³/mol. The monoisotopic (exact) mass is 928 g/mol. The van der Waals surface area contributed by atoms with E-state index in [0.717, 1.165) is 113 Å². The van der Waals surface area contributed by atoms with Crippen LogP contribution in [0.5, 0.6) is 0 Å². The number of piperazine rings is 1. The van der Waals surface area contributed by atoms with Crippen LogP contribution < -0.4 is 20.4 Å². The third kappa shape index (κ3) is 12.6. The van der Waals surface area contributed by atoms with E-state index in [0.29, 0.717) is 35.7 Å². The quantitative estimate of drug-likeness (QED) is 0.104. The van der Waals surface area contributed by atoms with Gasteiger partial charge in [0, 0.05) is 96.9 Å². The van der Waals surface area contributed by atoms with Crippen LogP contribution in [0.15, 0.2) is 97.1 Å². The largest absolute Gasteiger partial charge is 0.395 e. The van der Waals surface area contributed by atoms with Gasteiger partial charge in [0.25, 0.3) is 0 Å². The summed E-state index contributed by atoms with van der Waals surface area (Å²) in [6.45, 7) is 13.5. The molecule has 3 fully saturated rings. The Morgan fingerprint density at radius 1 is 0.606 bits per heavy atom. The normalized spacial score (nSPS) is 16.1. The second-order valence-corrected chi connectivity index (χ2v) is 18.8. The first-order chi connectivity index (χ1) is 32.1. The minimum Gasteiger partial charge on any atom is -0.395 e. The second kappa shape index (κ2) is 22.5. The number of aromatic nitrogens is 2. The van der Waals surface area contributed by atoms with E-state index in [4.69, 9.17) is 38.3 Å². The predicted octanol–water partition coefficient (Wildman–Crippen LogP) is 9.71. The highest BCUT2D eigenvalue weighted by molar-refractivity contribution is 6.30. The van der Waals surface area contributed by atoms with Gasteiger partial charge in [-0.25, -0.2) is 9.97 Å². The molecule has 4 aromatic carbocycles. The molecule has 2 aromatic heterocycles. The smallest absolute Gasteiger partial charge is 0.224 e. The fourth-order valence-corrected chi connectivity index (χ4v) is 9.66. The Kier molecular flexibility index (Phi) is 16.1. The zero-order chi connectivity index (χ0) is 46.0. The summed E-state index contributed by atoms with van der Waals surface area (Å²) >= 11 is 11.9. The SMILES string of the molecule is Cc1cc(N2CCC(N3CCCC3)CC2)nc2ccc(NC(=O)CCc3ccc(Cl)cc3)cc12.Cc1cc(N2CCN(CCO)CC2)nc2ccc(NC(=O)CCc3ccc(Cl)cc3)cc12. The van der Waals surface area contributed by atoms with Crippen molar-refractivity contribution in [3.05, 3.63) is 129 Å². The van der Waals surface area contributed by atoms with Crippen molar-refractivity contribution >= 4 is 79.8 Å². The number of carbonyl (C=O) groups excluding carboxylic acids is 2. The molecule has 5 heterocycles. The Balaban J connectivity index is 0.000000180. The molecule has 0 unspecified atom stereocenters. The number of hydrogen-bond acceptors (Lipinski definition) is 9. The number of rotatable bonds is 13. The summed E-state index contributed by atoms with van der Waals surface area (Å²) in [4.78, 5) is 44.5. The molecule has 3 N–H and O–H groups in total. The van der Waals surface area contributed by atoms with Gasteiger partial charge in [0.15, 0.2) is 0 Å². The van der Waals surface area contributed by atoms with Gasteiger partial charge in [-0.1, -0.05) is 47.5 Å². The lowest BCUT2D eigenvalue weighted by Crippen LogP contribution is -2.47. The van der Waals surface area contributed by atoms with E-state index in [1.807, 2.05) is 84.9 Å². The molecule has 3 aliphatic rings. The van der Waals surface area contributed by atoms with Crippen molar-refractivity contribution in [2.75, 3.05) is 85.9 Å². The van der Waals surface area contributed by atoms with E-state index in [1.54, 1.807) is 0 Å². The molecule has 0 spiro atoms. The average Bonchev–Trinajstić information content (AvgIpc) is 3.88. The summed E-state index contributed by atoms with van der Waals surface area (Å²) in [6.07, 6.45) is 7.37. The summed E-state index contributed by atoms with van der Waals surface area (Å²) in [5, 5.41) is 18.7. The van der Waals surface area contributed by atoms with Gasteiger partial charge in [-0.15, -0.1) is 0 Å². The van der Waals surface area contributed by atoms with Crippen molar-refractivity contribution < 1.29 is 14.7 Å². The van der Waals surface area contributed by atoms with Crippen LogP contribution in [0, 0.1) is 13.8 Å². The number of β-amino-alcohol motifs (C(OH)–C–C–N with tert-alkyl or cyclic N) is 1. The molecule has 66 heavy (non-hydrogen) atoms. The Morgan fingerprint density at radius 2 is 1.06 bits per heavy atom. The van der Waals surface area contributed by atoms with Gasteiger partial charge in [-0.3, -0.25) is 14.5 Å². The molecule has 346 valence electrons. The number of aliphatic hydroxyl groups excluding tert-OH is 1. The summed E-state index contributed by atoms with van der Waals surface area (Å²) in [6, 6.07) is 32.2. The third-order valence-electron chi connectivity index (χ3n) is 13.2.